The van der Waals surface area contributed by atoms with Crippen molar-refractivity contribution in [2.45, 2.75) is 18.6 Å². The zero-order chi connectivity index (χ0) is 15.0. The van der Waals surface area contributed by atoms with Crippen LogP contribution < -0.4 is 0 Å². The molecule has 7 heteroatoms. The highest BCUT2D eigenvalue weighted by molar-refractivity contribution is 6.30. The lowest BCUT2D eigenvalue weighted by atomic mass is 10.0. The van der Waals surface area contributed by atoms with E-state index in [0.29, 0.717) is 39.1 Å². The van der Waals surface area contributed by atoms with Crippen molar-refractivity contribution in [2.24, 2.45) is 0 Å². The fourth-order valence-corrected chi connectivity index (χ4v) is 2.84. The Hall–Kier alpha value is -1.24. The molecule has 0 bridgehead atoms. The Bertz CT molecular complexity index is 566. The van der Waals surface area contributed by atoms with Crippen LogP contribution in [0.2, 0.25) is 5.02 Å². The predicted molar refractivity (Wildman–Crippen MR) is 71.1 cm³/mol. The summed E-state index contributed by atoms with van der Waals surface area (Å²) in [5.74, 6) is -2.78. The molecule has 1 amide bonds. The van der Waals surface area contributed by atoms with Gasteiger partial charge in [-0.3, -0.25) is 4.79 Å². The van der Waals surface area contributed by atoms with Crippen LogP contribution in [0.15, 0.2) is 12.1 Å². The Morgan fingerprint density at radius 3 is 2.38 bits per heavy atom. The van der Waals surface area contributed by atoms with Crippen LogP contribution in [-0.2, 0) is 9.47 Å². The summed E-state index contributed by atoms with van der Waals surface area (Å²) in [6.45, 7) is 1.85. The van der Waals surface area contributed by atoms with Crippen LogP contribution in [0.25, 0.3) is 0 Å². The molecule has 114 valence electrons. The number of hydrogen-bond acceptors (Lipinski definition) is 3. The second-order valence-corrected chi connectivity index (χ2v) is 5.55. The van der Waals surface area contributed by atoms with Crippen LogP contribution in [-0.4, -0.2) is 42.9 Å². The normalized spacial score (nSPS) is 21.0. The zero-order valence-corrected chi connectivity index (χ0v) is 12.0. The number of nitrogens with zero attached hydrogens (tertiary/aromatic N) is 1. The predicted octanol–water partition coefficient (Wildman–Crippen LogP) is 2.60. The van der Waals surface area contributed by atoms with Gasteiger partial charge in [0.25, 0.3) is 5.91 Å². The van der Waals surface area contributed by atoms with Crippen LogP contribution >= 0.6 is 11.6 Å². The van der Waals surface area contributed by atoms with Gasteiger partial charge in [-0.05, 0) is 12.1 Å². The van der Waals surface area contributed by atoms with E-state index < -0.39 is 23.3 Å². The number of carbonyl (C=O) groups excluding carboxylic acids is 1. The maximum atomic E-state index is 13.8. The molecule has 0 atom stereocenters. The average molecular weight is 318 g/mol. The lowest BCUT2D eigenvalue weighted by molar-refractivity contribution is -0.181. The van der Waals surface area contributed by atoms with Crippen molar-refractivity contribution in [3.8, 4) is 0 Å². The fourth-order valence-electron chi connectivity index (χ4n) is 2.69. The number of hydrogen-bond donors (Lipinski definition) is 0. The minimum atomic E-state index is -0.819. The molecule has 0 saturated carbocycles. The van der Waals surface area contributed by atoms with E-state index in [1.165, 1.54) is 4.90 Å². The minimum absolute atomic E-state index is 0.305. The molecule has 1 aromatic rings. The fraction of sp³-hybridized carbons (Fsp3) is 0.500. The van der Waals surface area contributed by atoms with Gasteiger partial charge in [0.05, 0.1) is 23.8 Å². The maximum Gasteiger partial charge on any atom is 0.256 e. The van der Waals surface area contributed by atoms with Crippen molar-refractivity contribution in [3.63, 3.8) is 0 Å². The third-order valence-electron chi connectivity index (χ3n) is 3.87. The Morgan fingerprint density at radius 1 is 1.14 bits per heavy atom. The highest BCUT2D eigenvalue weighted by atomic mass is 35.5. The first-order chi connectivity index (χ1) is 10.0. The Balaban J connectivity index is 1.73. The maximum absolute atomic E-state index is 13.8. The first kappa shape index (κ1) is 14.7. The topological polar surface area (TPSA) is 38.8 Å². The molecule has 2 aliphatic rings. The summed E-state index contributed by atoms with van der Waals surface area (Å²) in [6, 6.07) is 1.66. The van der Waals surface area contributed by atoms with Gasteiger partial charge in [-0.25, -0.2) is 8.78 Å². The standard InChI is InChI=1S/C14H14ClF2NO3/c15-10-8-11(16)9(7-12(10)17)13(19)18-3-1-14(2-4-18)20-5-6-21-14/h7-8H,1-6H2. The summed E-state index contributed by atoms with van der Waals surface area (Å²) in [5.41, 5.74) is -0.305. The largest absolute Gasteiger partial charge is 0.347 e. The number of rotatable bonds is 1. The zero-order valence-electron chi connectivity index (χ0n) is 11.2. The van der Waals surface area contributed by atoms with E-state index in [1.54, 1.807) is 0 Å². The highest BCUT2D eigenvalue weighted by Gasteiger charge is 2.41. The number of likely N-dealkylation sites (tertiary alicyclic amines) is 1. The molecule has 0 radical (unpaired) electrons. The molecule has 0 aliphatic carbocycles. The van der Waals surface area contributed by atoms with Crippen molar-refractivity contribution in [3.05, 3.63) is 34.4 Å². The molecule has 2 fully saturated rings. The molecule has 2 aliphatic heterocycles. The van der Waals surface area contributed by atoms with Gasteiger partial charge in [-0.2, -0.15) is 0 Å². The molecule has 3 rings (SSSR count). The molecular weight excluding hydrogens is 304 g/mol. The van der Waals surface area contributed by atoms with Crippen LogP contribution in [0.1, 0.15) is 23.2 Å². The number of ether oxygens (including phenoxy) is 2. The first-order valence-electron chi connectivity index (χ1n) is 6.72. The second kappa shape index (κ2) is 5.51. The van der Waals surface area contributed by atoms with E-state index in [1.807, 2.05) is 0 Å². The molecule has 0 aromatic heterocycles. The number of benzene rings is 1. The summed E-state index contributed by atoms with van der Waals surface area (Å²) in [6.07, 6.45) is 1.05. The van der Waals surface area contributed by atoms with E-state index in [4.69, 9.17) is 21.1 Å². The molecule has 1 aromatic carbocycles. The molecular formula is C14H14ClF2NO3. The number of carbonyl (C=O) groups is 1. The van der Waals surface area contributed by atoms with Crippen LogP contribution in [0.4, 0.5) is 8.78 Å². The van der Waals surface area contributed by atoms with E-state index >= 15 is 0 Å². The lowest BCUT2D eigenvalue weighted by Gasteiger charge is -2.37. The van der Waals surface area contributed by atoms with E-state index in [-0.39, 0.29) is 10.6 Å². The van der Waals surface area contributed by atoms with E-state index in [0.717, 1.165) is 12.1 Å². The van der Waals surface area contributed by atoms with E-state index in [9.17, 15) is 13.6 Å². The summed E-state index contributed by atoms with van der Waals surface area (Å²) >= 11 is 5.49. The van der Waals surface area contributed by atoms with Crippen molar-refractivity contribution in [1.29, 1.82) is 0 Å². The van der Waals surface area contributed by atoms with Gasteiger partial charge in [0, 0.05) is 25.9 Å². The van der Waals surface area contributed by atoms with Crippen LogP contribution in [0, 0.1) is 11.6 Å². The lowest BCUT2D eigenvalue weighted by Crippen LogP contribution is -2.47. The van der Waals surface area contributed by atoms with Gasteiger partial charge in [0.15, 0.2) is 5.79 Å². The third kappa shape index (κ3) is 2.75. The van der Waals surface area contributed by atoms with Gasteiger partial charge in [0.2, 0.25) is 0 Å². The molecule has 1 spiro atoms. The average Bonchev–Trinajstić information content (AvgIpc) is 2.91. The van der Waals surface area contributed by atoms with Gasteiger partial charge >= 0.3 is 0 Å². The second-order valence-electron chi connectivity index (χ2n) is 5.15. The Morgan fingerprint density at radius 2 is 1.76 bits per heavy atom. The number of halogens is 3. The minimum Gasteiger partial charge on any atom is -0.347 e. The van der Waals surface area contributed by atoms with Crippen molar-refractivity contribution in [1.82, 2.24) is 4.90 Å². The molecule has 0 N–H and O–H groups in total. The van der Waals surface area contributed by atoms with Gasteiger partial charge in [-0.1, -0.05) is 11.6 Å². The number of piperidine rings is 1. The summed E-state index contributed by atoms with van der Waals surface area (Å²) in [4.78, 5) is 13.8. The van der Waals surface area contributed by atoms with Gasteiger partial charge in [0.1, 0.15) is 11.6 Å². The summed E-state index contributed by atoms with van der Waals surface area (Å²) in [7, 11) is 0. The molecule has 21 heavy (non-hydrogen) atoms. The SMILES string of the molecule is O=C(c1cc(F)c(Cl)cc1F)N1CCC2(CC1)OCCO2. The van der Waals surface area contributed by atoms with Crippen LogP contribution in [0.3, 0.4) is 0 Å². The third-order valence-corrected chi connectivity index (χ3v) is 4.16. The molecule has 2 saturated heterocycles. The molecule has 2 heterocycles. The summed E-state index contributed by atoms with van der Waals surface area (Å²) < 4.78 is 38.3. The summed E-state index contributed by atoms with van der Waals surface area (Å²) in [5, 5.41) is -0.339. The Kier molecular flexibility index (Phi) is 3.86. The number of amides is 1. The van der Waals surface area contributed by atoms with Crippen molar-refractivity contribution >= 4 is 17.5 Å². The van der Waals surface area contributed by atoms with Gasteiger partial charge < -0.3 is 14.4 Å². The monoisotopic (exact) mass is 317 g/mol. The van der Waals surface area contributed by atoms with Crippen LogP contribution in [0.5, 0.6) is 0 Å². The molecule has 4 nitrogen and oxygen atoms in total. The van der Waals surface area contributed by atoms with E-state index in [2.05, 4.69) is 0 Å². The first-order valence-corrected chi connectivity index (χ1v) is 7.10. The Labute approximate surface area is 125 Å². The highest BCUT2D eigenvalue weighted by Crippen LogP contribution is 2.32. The van der Waals surface area contributed by atoms with Crippen molar-refractivity contribution in [2.75, 3.05) is 26.3 Å². The van der Waals surface area contributed by atoms with Gasteiger partial charge in [-0.15, -0.1) is 0 Å². The molecule has 0 unspecified atom stereocenters. The smallest absolute Gasteiger partial charge is 0.256 e. The van der Waals surface area contributed by atoms with Crippen molar-refractivity contribution < 1.29 is 23.0 Å². The quantitative estimate of drug-likeness (QED) is 0.747.